The summed E-state index contributed by atoms with van der Waals surface area (Å²) in [5, 5.41) is 2.30. The zero-order valence-corrected chi connectivity index (χ0v) is 9.67. The average Bonchev–Trinajstić information content (AvgIpc) is 2.16. The molecule has 0 saturated carbocycles. The number of hydrogen-bond donors (Lipinski definition) is 1. The van der Waals surface area contributed by atoms with Crippen LogP contribution < -0.4 is 5.32 Å². The fraction of sp³-hybridized carbons (Fsp3) is 0.200. The van der Waals surface area contributed by atoms with E-state index in [1.54, 1.807) is 0 Å². The van der Waals surface area contributed by atoms with Crippen LogP contribution in [0.15, 0.2) is 29.2 Å². The fourth-order valence-corrected chi connectivity index (χ4v) is 1.69. The van der Waals surface area contributed by atoms with Crippen molar-refractivity contribution in [2.45, 2.75) is 11.8 Å². The van der Waals surface area contributed by atoms with E-state index >= 15 is 0 Å². The van der Waals surface area contributed by atoms with Crippen LogP contribution in [0.4, 0.5) is 5.69 Å². The van der Waals surface area contributed by atoms with Crippen LogP contribution >= 0.6 is 0 Å². The second-order valence-corrected chi connectivity index (χ2v) is 5.33. The normalized spacial score (nSPS) is 10.9. The first-order valence-corrected chi connectivity index (χ1v) is 6.32. The topological polar surface area (TPSA) is 80.3 Å². The van der Waals surface area contributed by atoms with Crippen molar-refractivity contribution in [3.8, 4) is 0 Å². The molecule has 1 rings (SSSR count). The van der Waals surface area contributed by atoms with E-state index in [0.717, 1.165) is 13.2 Å². The Kier molecular flexibility index (Phi) is 3.44. The van der Waals surface area contributed by atoms with E-state index in [-0.39, 0.29) is 10.6 Å². The molecule has 0 aliphatic heterocycles. The van der Waals surface area contributed by atoms with Crippen LogP contribution in [0.1, 0.15) is 6.92 Å². The van der Waals surface area contributed by atoms with Gasteiger partial charge in [0.15, 0.2) is 9.84 Å². The van der Waals surface area contributed by atoms with Crippen molar-refractivity contribution >= 4 is 27.2 Å². The van der Waals surface area contributed by atoms with Crippen LogP contribution in [0.2, 0.25) is 0 Å². The first-order chi connectivity index (χ1) is 7.30. The Balaban J connectivity index is 3.01. The lowest BCUT2D eigenvalue weighted by Gasteiger charge is -2.04. The van der Waals surface area contributed by atoms with Crippen molar-refractivity contribution < 1.29 is 18.0 Å². The molecule has 6 heteroatoms. The van der Waals surface area contributed by atoms with Gasteiger partial charge in [-0.15, -0.1) is 0 Å². The van der Waals surface area contributed by atoms with Crippen molar-refractivity contribution in [1.82, 2.24) is 0 Å². The highest BCUT2D eigenvalue weighted by atomic mass is 32.2. The predicted molar refractivity (Wildman–Crippen MR) is 58.9 cm³/mol. The van der Waals surface area contributed by atoms with Crippen LogP contribution in [0, 0.1) is 0 Å². The minimum atomic E-state index is -3.32. The highest BCUT2D eigenvalue weighted by Gasteiger charge is 2.10. The van der Waals surface area contributed by atoms with E-state index in [1.807, 2.05) is 0 Å². The van der Waals surface area contributed by atoms with Crippen molar-refractivity contribution in [2.24, 2.45) is 0 Å². The molecule has 1 aromatic rings. The highest BCUT2D eigenvalue weighted by molar-refractivity contribution is 7.90. The molecule has 16 heavy (non-hydrogen) atoms. The number of amides is 1. The average molecular weight is 241 g/mol. The molecule has 86 valence electrons. The number of rotatable bonds is 3. The van der Waals surface area contributed by atoms with Gasteiger partial charge in [0, 0.05) is 18.9 Å². The zero-order valence-electron chi connectivity index (χ0n) is 8.85. The summed E-state index contributed by atoms with van der Waals surface area (Å²) in [5.41, 5.74) is 0.281. The van der Waals surface area contributed by atoms with Gasteiger partial charge in [-0.3, -0.25) is 9.59 Å². The molecule has 0 radical (unpaired) electrons. The molecule has 0 bridgehead atoms. The van der Waals surface area contributed by atoms with Gasteiger partial charge in [-0.2, -0.15) is 0 Å². The van der Waals surface area contributed by atoms with E-state index in [9.17, 15) is 18.0 Å². The summed E-state index contributed by atoms with van der Waals surface area (Å²) in [5.74, 6) is -1.41. The van der Waals surface area contributed by atoms with E-state index < -0.39 is 21.5 Å². The third-order valence-corrected chi connectivity index (χ3v) is 2.95. The molecule has 0 aliphatic rings. The summed E-state index contributed by atoms with van der Waals surface area (Å²) in [6, 6.07) is 5.72. The molecule has 0 heterocycles. The molecule has 1 aromatic carbocycles. The molecule has 5 nitrogen and oxygen atoms in total. The summed E-state index contributed by atoms with van der Waals surface area (Å²) in [6.45, 7) is 1.13. The van der Waals surface area contributed by atoms with Gasteiger partial charge in [0.1, 0.15) is 0 Å². The van der Waals surface area contributed by atoms with Gasteiger partial charge in [-0.1, -0.05) is 6.07 Å². The molecule has 0 aliphatic carbocycles. The molecule has 1 N–H and O–H groups in total. The lowest BCUT2D eigenvalue weighted by Crippen LogP contribution is -2.19. The van der Waals surface area contributed by atoms with Crippen molar-refractivity contribution in [1.29, 1.82) is 0 Å². The van der Waals surface area contributed by atoms with Crippen LogP contribution in [-0.2, 0) is 19.4 Å². The van der Waals surface area contributed by atoms with Crippen LogP contribution in [0.3, 0.4) is 0 Å². The minimum absolute atomic E-state index is 0.0915. The van der Waals surface area contributed by atoms with Crippen molar-refractivity contribution in [2.75, 3.05) is 11.6 Å². The molecule has 0 aromatic heterocycles. The number of nitrogens with one attached hydrogen (secondary N) is 1. The number of sulfone groups is 1. The number of hydrogen-bond acceptors (Lipinski definition) is 4. The maximum absolute atomic E-state index is 11.2. The molecular weight excluding hydrogens is 230 g/mol. The van der Waals surface area contributed by atoms with Crippen LogP contribution in [0.5, 0.6) is 0 Å². The van der Waals surface area contributed by atoms with Crippen molar-refractivity contribution in [3.05, 3.63) is 24.3 Å². The van der Waals surface area contributed by atoms with Gasteiger partial charge in [0.05, 0.1) is 4.90 Å². The van der Waals surface area contributed by atoms with E-state index in [2.05, 4.69) is 5.32 Å². The second-order valence-electron chi connectivity index (χ2n) is 3.31. The van der Waals surface area contributed by atoms with E-state index in [4.69, 9.17) is 0 Å². The molecule has 0 saturated heterocycles. The number of Topliss-reactive ketones (excluding diaryl/α,β-unsaturated/α-hetero) is 1. The predicted octanol–water partition coefficient (Wildman–Crippen LogP) is 0.618. The Bertz CT molecular complexity index is 534. The summed E-state index contributed by atoms with van der Waals surface area (Å²) in [4.78, 5) is 21.9. The zero-order chi connectivity index (χ0) is 12.3. The second kappa shape index (κ2) is 4.44. The molecule has 0 spiro atoms. The van der Waals surface area contributed by atoms with Crippen molar-refractivity contribution in [3.63, 3.8) is 0 Å². The van der Waals surface area contributed by atoms with Gasteiger partial charge in [-0.05, 0) is 18.2 Å². The molecule has 0 fully saturated rings. The number of anilines is 1. The largest absolute Gasteiger partial charge is 0.319 e. The maximum atomic E-state index is 11.2. The number of benzene rings is 1. The fourth-order valence-electron chi connectivity index (χ4n) is 1.02. The molecule has 1 amide bonds. The Morgan fingerprint density at radius 2 is 1.88 bits per heavy atom. The SMILES string of the molecule is CC(=O)C(=O)Nc1cccc(S(C)(=O)=O)c1. The third kappa shape index (κ3) is 3.16. The molecule has 0 unspecified atom stereocenters. The summed E-state index contributed by atoms with van der Waals surface area (Å²) >= 11 is 0. The summed E-state index contributed by atoms with van der Waals surface area (Å²) < 4.78 is 22.5. The Hall–Kier alpha value is -1.69. The smallest absolute Gasteiger partial charge is 0.291 e. The van der Waals surface area contributed by atoms with Gasteiger partial charge in [0.25, 0.3) is 5.91 Å². The standard InChI is InChI=1S/C10H11NO4S/c1-7(12)10(13)11-8-4-3-5-9(6-8)16(2,14)15/h3-6H,1-2H3,(H,11,13). The van der Waals surface area contributed by atoms with Crippen LogP contribution in [-0.4, -0.2) is 26.4 Å². The first-order valence-electron chi connectivity index (χ1n) is 4.43. The maximum Gasteiger partial charge on any atom is 0.291 e. The van der Waals surface area contributed by atoms with Gasteiger partial charge >= 0.3 is 0 Å². The Morgan fingerprint density at radius 1 is 1.25 bits per heavy atom. The Morgan fingerprint density at radius 3 is 2.38 bits per heavy atom. The number of carbonyl (C=O) groups excluding carboxylic acids is 2. The van der Waals surface area contributed by atoms with Gasteiger partial charge < -0.3 is 5.32 Å². The van der Waals surface area contributed by atoms with Gasteiger partial charge in [0.2, 0.25) is 5.78 Å². The van der Waals surface area contributed by atoms with Crippen LogP contribution in [0.25, 0.3) is 0 Å². The molecule has 0 atom stereocenters. The number of ketones is 1. The lowest BCUT2D eigenvalue weighted by atomic mass is 10.3. The first kappa shape index (κ1) is 12.4. The highest BCUT2D eigenvalue weighted by Crippen LogP contribution is 2.15. The quantitative estimate of drug-likeness (QED) is 0.786. The molecular formula is C10H11NO4S. The monoisotopic (exact) mass is 241 g/mol. The van der Waals surface area contributed by atoms with E-state index in [1.165, 1.54) is 24.3 Å². The Labute approximate surface area is 93.4 Å². The van der Waals surface area contributed by atoms with E-state index in [0.29, 0.717) is 0 Å². The third-order valence-electron chi connectivity index (χ3n) is 1.84. The van der Waals surface area contributed by atoms with Gasteiger partial charge in [-0.25, -0.2) is 8.42 Å². The summed E-state index contributed by atoms with van der Waals surface area (Å²) in [6.07, 6.45) is 1.07. The minimum Gasteiger partial charge on any atom is -0.319 e. The lowest BCUT2D eigenvalue weighted by molar-refractivity contribution is -0.133. The number of carbonyl (C=O) groups is 2. The summed E-state index contributed by atoms with van der Waals surface area (Å²) in [7, 11) is -3.32.